The lowest BCUT2D eigenvalue weighted by molar-refractivity contribution is 0.553. The van der Waals surface area contributed by atoms with Gasteiger partial charge >= 0.3 is 0 Å². The molecule has 1 N–H and O–H groups in total. The van der Waals surface area contributed by atoms with E-state index in [0.29, 0.717) is 0 Å². The van der Waals surface area contributed by atoms with Crippen molar-refractivity contribution in [3.8, 4) is 5.69 Å². The molecule has 1 unspecified atom stereocenters. The van der Waals surface area contributed by atoms with E-state index in [0.717, 1.165) is 24.5 Å². The van der Waals surface area contributed by atoms with Crippen molar-refractivity contribution in [3.63, 3.8) is 0 Å². The summed E-state index contributed by atoms with van der Waals surface area (Å²) < 4.78 is 3.85. The monoisotopic (exact) mass is 295 g/mol. The van der Waals surface area contributed by atoms with Crippen LogP contribution in [0.4, 0.5) is 0 Å². The van der Waals surface area contributed by atoms with Gasteiger partial charge in [-0.2, -0.15) is 10.2 Å². The third-order valence-corrected chi connectivity index (χ3v) is 3.76. The number of rotatable bonds is 6. The second-order valence-electron chi connectivity index (χ2n) is 5.27. The molecule has 22 heavy (non-hydrogen) atoms. The topological polar surface area (TPSA) is 47.7 Å². The number of nitrogens with zero attached hydrogens (tertiary/aromatic N) is 4. The Morgan fingerprint density at radius 2 is 2.00 bits per heavy atom. The molecule has 2 aromatic heterocycles. The molecule has 5 heteroatoms. The number of benzene rings is 1. The zero-order valence-electron chi connectivity index (χ0n) is 13.0. The summed E-state index contributed by atoms with van der Waals surface area (Å²) in [7, 11) is 0. The van der Waals surface area contributed by atoms with Crippen LogP contribution in [0.25, 0.3) is 5.69 Å². The van der Waals surface area contributed by atoms with Crippen LogP contribution >= 0.6 is 0 Å². The van der Waals surface area contributed by atoms with Gasteiger partial charge in [0, 0.05) is 37.7 Å². The first-order valence-corrected chi connectivity index (χ1v) is 7.62. The van der Waals surface area contributed by atoms with Gasteiger partial charge in [0.2, 0.25) is 0 Å². The van der Waals surface area contributed by atoms with E-state index in [4.69, 9.17) is 0 Å². The molecule has 0 aliphatic heterocycles. The van der Waals surface area contributed by atoms with Crippen LogP contribution in [0.15, 0.2) is 55.0 Å². The van der Waals surface area contributed by atoms with Crippen LogP contribution in [0, 0.1) is 0 Å². The van der Waals surface area contributed by atoms with Gasteiger partial charge in [0.25, 0.3) is 0 Å². The molecular formula is C17H21N5. The largest absolute Gasteiger partial charge is 0.304 e. The Morgan fingerprint density at radius 1 is 1.14 bits per heavy atom. The van der Waals surface area contributed by atoms with Gasteiger partial charge in [0.15, 0.2) is 0 Å². The molecule has 0 amide bonds. The van der Waals surface area contributed by atoms with Crippen LogP contribution in [-0.4, -0.2) is 19.6 Å². The van der Waals surface area contributed by atoms with Crippen molar-refractivity contribution in [1.82, 2.24) is 24.9 Å². The first-order valence-electron chi connectivity index (χ1n) is 7.62. The number of aryl methyl sites for hydroxylation is 1. The van der Waals surface area contributed by atoms with Crippen molar-refractivity contribution in [2.45, 2.75) is 33.0 Å². The Labute approximate surface area is 130 Å². The van der Waals surface area contributed by atoms with Gasteiger partial charge in [-0.15, -0.1) is 0 Å². The van der Waals surface area contributed by atoms with Crippen LogP contribution in [0.3, 0.4) is 0 Å². The van der Waals surface area contributed by atoms with E-state index in [2.05, 4.69) is 53.6 Å². The van der Waals surface area contributed by atoms with Gasteiger partial charge in [-0.3, -0.25) is 4.68 Å². The quantitative estimate of drug-likeness (QED) is 0.760. The van der Waals surface area contributed by atoms with E-state index in [-0.39, 0.29) is 6.04 Å². The van der Waals surface area contributed by atoms with Crippen molar-refractivity contribution in [1.29, 1.82) is 0 Å². The lowest BCUT2D eigenvalue weighted by Gasteiger charge is -2.17. The lowest BCUT2D eigenvalue weighted by Crippen LogP contribution is -2.20. The maximum atomic E-state index is 4.50. The molecule has 0 saturated heterocycles. The third kappa shape index (κ3) is 3.09. The molecule has 2 heterocycles. The minimum absolute atomic E-state index is 0.215. The lowest BCUT2D eigenvalue weighted by atomic mass is 10.1. The van der Waals surface area contributed by atoms with Crippen LogP contribution in [0.1, 0.15) is 31.1 Å². The van der Waals surface area contributed by atoms with Crippen molar-refractivity contribution < 1.29 is 0 Å². The number of hydrogen-bond acceptors (Lipinski definition) is 3. The summed E-state index contributed by atoms with van der Waals surface area (Å²) in [4.78, 5) is 0. The highest BCUT2D eigenvalue weighted by Gasteiger charge is 2.11. The molecule has 5 nitrogen and oxygen atoms in total. The summed E-state index contributed by atoms with van der Waals surface area (Å²) in [6.45, 7) is 5.91. The molecule has 1 atom stereocenters. The van der Waals surface area contributed by atoms with Crippen molar-refractivity contribution >= 4 is 0 Å². The van der Waals surface area contributed by atoms with Crippen LogP contribution < -0.4 is 5.32 Å². The zero-order valence-corrected chi connectivity index (χ0v) is 13.0. The summed E-state index contributed by atoms with van der Waals surface area (Å²) >= 11 is 0. The molecule has 0 fully saturated rings. The highest BCUT2D eigenvalue weighted by Crippen LogP contribution is 2.21. The Morgan fingerprint density at radius 3 is 2.73 bits per heavy atom. The normalized spacial score (nSPS) is 12.5. The zero-order chi connectivity index (χ0) is 15.4. The molecule has 0 aliphatic carbocycles. The van der Waals surface area contributed by atoms with E-state index in [1.165, 1.54) is 5.56 Å². The molecule has 0 saturated carbocycles. The Balaban J connectivity index is 1.73. The van der Waals surface area contributed by atoms with Crippen molar-refractivity contribution in [2.75, 3.05) is 0 Å². The first kappa shape index (κ1) is 14.5. The molecule has 1 aromatic carbocycles. The maximum Gasteiger partial charge on any atom is 0.0762 e. The fraction of sp³-hybridized carbons (Fsp3) is 0.294. The van der Waals surface area contributed by atoms with Gasteiger partial charge in [-0.05, 0) is 37.6 Å². The smallest absolute Gasteiger partial charge is 0.0762 e. The maximum absolute atomic E-state index is 4.50. The van der Waals surface area contributed by atoms with E-state index in [1.54, 1.807) is 6.20 Å². The Bertz CT molecular complexity index is 714. The second-order valence-corrected chi connectivity index (χ2v) is 5.27. The van der Waals surface area contributed by atoms with Gasteiger partial charge in [0.1, 0.15) is 0 Å². The number of para-hydroxylation sites is 1. The summed E-state index contributed by atoms with van der Waals surface area (Å²) in [6.07, 6.45) is 5.78. The predicted molar refractivity (Wildman–Crippen MR) is 86.7 cm³/mol. The molecule has 0 radical (unpaired) electrons. The van der Waals surface area contributed by atoms with Crippen LogP contribution in [-0.2, 0) is 13.1 Å². The van der Waals surface area contributed by atoms with E-state index < -0.39 is 0 Å². The Hall–Kier alpha value is -2.40. The first-order chi connectivity index (χ1) is 10.8. The molecule has 114 valence electrons. The van der Waals surface area contributed by atoms with Crippen LogP contribution in [0.5, 0.6) is 0 Å². The number of aromatic nitrogens is 4. The Kier molecular flexibility index (Phi) is 4.34. The molecule has 3 aromatic rings. The fourth-order valence-electron chi connectivity index (χ4n) is 2.52. The average molecular weight is 295 g/mol. The summed E-state index contributed by atoms with van der Waals surface area (Å²) in [5, 5.41) is 12.4. The van der Waals surface area contributed by atoms with Gasteiger partial charge < -0.3 is 5.32 Å². The van der Waals surface area contributed by atoms with Crippen LogP contribution in [0.2, 0.25) is 0 Å². The minimum Gasteiger partial charge on any atom is -0.304 e. The van der Waals surface area contributed by atoms with Gasteiger partial charge in [-0.25, -0.2) is 4.68 Å². The summed E-state index contributed by atoms with van der Waals surface area (Å²) in [5.74, 6) is 0. The molecule has 0 spiro atoms. The molecular weight excluding hydrogens is 274 g/mol. The SMILES string of the molecule is CCn1ccc(CNC(C)c2ccccc2-n2cccn2)n1. The minimum atomic E-state index is 0.215. The fourth-order valence-corrected chi connectivity index (χ4v) is 2.52. The van der Waals surface area contributed by atoms with Gasteiger partial charge in [-0.1, -0.05) is 18.2 Å². The standard InChI is InChI=1S/C17H21N5/c1-3-21-12-9-15(20-21)13-18-14(2)16-7-4-5-8-17(16)22-11-6-10-19-22/h4-12,14,18H,3,13H2,1-2H3. The van der Waals surface area contributed by atoms with Crippen molar-refractivity contribution in [3.05, 3.63) is 66.2 Å². The number of hydrogen-bond donors (Lipinski definition) is 1. The highest BCUT2D eigenvalue weighted by molar-refractivity contribution is 5.42. The van der Waals surface area contributed by atoms with Gasteiger partial charge in [0.05, 0.1) is 11.4 Å². The molecule has 0 aliphatic rings. The van der Waals surface area contributed by atoms with E-state index in [1.807, 2.05) is 33.9 Å². The van der Waals surface area contributed by atoms with E-state index in [9.17, 15) is 0 Å². The molecule has 3 rings (SSSR count). The summed E-state index contributed by atoms with van der Waals surface area (Å²) in [5.41, 5.74) is 3.39. The third-order valence-electron chi connectivity index (χ3n) is 3.76. The van der Waals surface area contributed by atoms with Crippen molar-refractivity contribution in [2.24, 2.45) is 0 Å². The average Bonchev–Trinajstić information content (AvgIpc) is 3.24. The molecule has 0 bridgehead atoms. The predicted octanol–water partition coefficient (Wildman–Crippen LogP) is 2.94. The summed E-state index contributed by atoms with van der Waals surface area (Å²) in [6, 6.07) is 12.5. The second kappa shape index (κ2) is 6.58. The van der Waals surface area contributed by atoms with E-state index >= 15 is 0 Å². The highest BCUT2D eigenvalue weighted by atomic mass is 15.3. The number of nitrogens with one attached hydrogen (secondary N) is 1.